The lowest BCUT2D eigenvalue weighted by molar-refractivity contribution is -0.125. The second-order valence-electron chi connectivity index (χ2n) is 5.50. The minimum absolute atomic E-state index is 0.00955. The Morgan fingerprint density at radius 2 is 2.00 bits per heavy atom. The zero-order chi connectivity index (χ0) is 12.7. The third kappa shape index (κ3) is 3.98. The first-order valence-electron chi connectivity index (χ1n) is 7.15. The molecular formula is C14H28N2O. The normalized spacial score (nSPS) is 20.2. The lowest BCUT2D eigenvalue weighted by atomic mass is 9.83. The maximum Gasteiger partial charge on any atom is 0.224 e. The first-order valence-corrected chi connectivity index (χ1v) is 7.15. The van der Waals surface area contributed by atoms with Crippen LogP contribution in [-0.4, -0.2) is 19.0 Å². The summed E-state index contributed by atoms with van der Waals surface area (Å²) in [5, 5.41) is 3.13. The van der Waals surface area contributed by atoms with E-state index in [1.807, 2.05) is 0 Å². The van der Waals surface area contributed by atoms with Crippen molar-refractivity contribution in [1.29, 1.82) is 0 Å². The van der Waals surface area contributed by atoms with Gasteiger partial charge < -0.3 is 11.1 Å². The maximum atomic E-state index is 12.0. The summed E-state index contributed by atoms with van der Waals surface area (Å²) in [5.74, 6) is 0.171. The minimum atomic E-state index is 0.00955. The fraction of sp³-hybridized carbons (Fsp3) is 0.929. The van der Waals surface area contributed by atoms with E-state index in [0.29, 0.717) is 12.0 Å². The highest BCUT2D eigenvalue weighted by Gasteiger charge is 2.32. The van der Waals surface area contributed by atoms with Gasteiger partial charge in [-0.1, -0.05) is 33.1 Å². The molecule has 0 radical (unpaired) electrons. The molecule has 1 rings (SSSR count). The summed E-state index contributed by atoms with van der Waals surface area (Å²) in [7, 11) is 0. The predicted octanol–water partition coefficient (Wildman–Crippen LogP) is 2.45. The standard InChI is InChI=1S/C14H28N2O/c1-3-7-12(10-15)13(17)16-11-14(4-2)8-5-6-9-14/h12H,3-11,15H2,1-2H3,(H,16,17). The molecule has 0 aromatic heterocycles. The molecule has 0 aliphatic heterocycles. The van der Waals surface area contributed by atoms with E-state index in [2.05, 4.69) is 19.2 Å². The molecule has 1 fully saturated rings. The molecule has 1 unspecified atom stereocenters. The van der Waals surface area contributed by atoms with Gasteiger partial charge in [0.25, 0.3) is 0 Å². The number of nitrogens with one attached hydrogen (secondary N) is 1. The lowest BCUT2D eigenvalue weighted by Gasteiger charge is -2.28. The molecule has 0 heterocycles. The fourth-order valence-electron chi connectivity index (χ4n) is 2.90. The SMILES string of the molecule is CCCC(CN)C(=O)NCC1(CC)CCCC1. The molecule has 1 atom stereocenters. The van der Waals surface area contributed by atoms with Crippen LogP contribution in [0.25, 0.3) is 0 Å². The van der Waals surface area contributed by atoms with Crippen LogP contribution in [0.4, 0.5) is 0 Å². The lowest BCUT2D eigenvalue weighted by Crippen LogP contribution is -2.40. The topological polar surface area (TPSA) is 55.1 Å². The van der Waals surface area contributed by atoms with Gasteiger partial charge in [-0.05, 0) is 31.1 Å². The van der Waals surface area contributed by atoms with Gasteiger partial charge in [0.15, 0.2) is 0 Å². The van der Waals surface area contributed by atoms with Crippen molar-refractivity contribution in [2.24, 2.45) is 17.1 Å². The molecule has 100 valence electrons. The molecule has 0 saturated heterocycles. The number of carbonyl (C=O) groups excluding carboxylic acids is 1. The number of rotatable bonds is 7. The summed E-state index contributed by atoms with van der Waals surface area (Å²) in [4.78, 5) is 12.0. The van der Waals surface area contributed by atoms with E-state index in [1.54, 1.807) is 0 Å². The van der Waals surface area contributed by atoms with Crippen molar-refractivity contribution in [3.8, 4) is 0 Å². The summed E-state index contributed by atoms with van der Waals surface area (Å²) in [6.45, 7) is 5.66. The summed E-state index contributed by atoms with van der Waals surface area (Å²) in [6, 6.07) is 0. The number of amides is 1. The third-order valence-electron chi connectivity index (χ3n) is 4.34. The molecule has 0 spiro atoms. The van der Waals surface area contributed by atoms with E-state index < -0.39 is 0 Å². The van der Waals surface area contributed by atoms with Crippen LogP contribution in [0.15, 0.2) is 0 Å². The van der Waals surface area contributed by atoms with Crippen LogP contribution in [0, 0.1) is 11.3 Å². The molecule has 0 aromatic carbocycles. The van der Waals surface area contributed by atoms with Gasteiger partial charge in [0, 0.05) is 13.1 Å². The van der Waals surface area contributed by atoms with Gasteiger partial charge in [0.05, 0.1) is 5.92 Å². The Labute approximate surface area is 106 Å². The molecule has 1 aliphatic carbocycles. The van der Waals surface area contributed by atoms with E-state index in [-0.39, 0.29) is 11.8 Å². The zero-order valence-electron chi connectivity index (χ0n) is 11.4. The monoisotopic (exact) mass is 240 g/mol. The van der Waals surface area contributed by atoms with Gasteiger partial charge in [-0.3, -0.25) is 4.79 Å². The fourth-order valence-corrected chi connectivity index (χ4v) is 2.90. The molecule has 0 bridgehead atoms. The Hall–Kier alpha value is -0.570. The Bertz CT molecular complexity index is 234. The summed E-state index contributed by atoms with van der Waals surface area (Å²) in [5.41, 5.74) is 6.02. The first-order chi connectivity index (χ1) is 8.17. The summed E-state index contributed by atoms with van der Waals surface area (Å²) >= 11 is 0. The van der Waals surface area contributed by atoms with Crippen molar-refractivity contribution >= 4 is 5.91 Å². The average molecular weight is 240 g/mol. The highest BCUT2D eigenvalue weighted by Crippen LogP contribution is 2.40. The number of nitrogens with two attached hydrogens (primary N) is 1. The number of hydrogen-bond donors (Lipinski definition) is 2. The van der Waals surface area contributed by atoms with Gasteiger partial charge in [-0.15, -0.1) is 0 Å². The van der Waals surface area contributed by atoms with Gasteiger partial charge in [-0.2, -0.15) is 0 Å². The van der Waals surface area contributed by atoms with Crippen LogP contribution < -0.4 is 11.1 Å². The van der Waals surface area contributed by atoms with Crippen molar-refractivity contribution in [1.82, 2.24) is 5.32 Å². The zero-order valence-corrected chi connectivity index (χ0v) is 11.4. The van der Waals surface area contributed by atoms with Crippen LogP contribution in [0.3, 0.4) is 0 Å². The van der Waals surface area contributed by atoms with Crippen molar-refractivity contribution in [2.75, 3.05) is 13.1 Å². The molecule has 1 saturated carbocycles. The maximum absolute atomic E-state index is 12.0. The smallest absolute Gasteiger partial charge is 0.224 e. The van der Waals surface area contributed by atoms with Gasteiger partial charge in [0.2, 0.25) is 5.91 Å². The largest absolute Gasteiger partial charge is 0.355 e. The minimum Gasteiger partial charge on any atom is -0.355 e. The highest BCUT2D eigenvalue weighted by molar-refractivity contribution is 5.78. The molecule has 3 N–H and O–H groups in total. The molecular weight excluding hydrogens is 212 g/mol. The van der Waals surface area contributed by atoms with Gasteiger partial charge >= 0.3 is 0 Å². The van der Waals surface area contributed by atoms with Gasteiger partial charge in [-0.25, -0.2) is 0 Å². The van der Waals surface area contributed by atoms with Crippen molar-refractivity contribution in [2.45, 2.75) is 58.8 Å². The highest BCUT2D eigenvalue weighted by atomic mass is 16.1. The Balaban J connectivity index is 2.40. The molecule has 17 heavy (non-hydrogen) atoms. The Kier molecular flexibility index (Phi) is 5.96. The van der Waals surface area contributed by atoms with E-state index in [0.717, 1.165) is 19.4 Å². The van der Waals surface area contributed by atoms with Gasteiger partial charge in [0.1, 0.15) is 0 Å². The van der Waals surface area contributed by atoms with Crippen molar-refractivity contribution < 1.29 is 4.79 Å². The van der Waals surface area contributed by atoms with Crippen molar-refractivity contribution in [3.63, 3.8) is 0 Å². The van der Waals surface area contributed by atoms with Crippen molar-refractivity contribution in [3.05, 3.63) is 0 Å². The Morgan fingerprint density at radius 1 is 1.35 bits per heavy atom. The van der Waals surface area contributed by atoms with E-state index in [4.69, 9.17) is 5.73 Å². The number of hydrogen-bond acceptors (Lipinski definition) is 2. The first kappa shape index (κ1) is 14.5. The van der Waals surface area contributed by atoms with E-state index >= 15 is 0 Å². The van der Waals surface area contributed by atoms with E-state index in [9.17, 15) is 4.79 Å². The molecule has 0 aromatic rings. The van der Waals surface area contributed by atoms with Crippen LogP contribution in [0.5, 0.6) is 0 Å². The molecule has 1 amide bonds. The predicted molar refractivity (Wildman–Crippen MR) is 71.7 cm³/mol. The molecule has 1 aliphatic rings. The van der Waals surface area contributed by atoms with Crippen LogP contribution in [0.1, 0.15) is 58.8 Å². The third-order valence-corrected chi connectivity index (χ3v) is 4.34. The van der Waals surface area contributed by atoms with Crippen LogP contribution in [-0.2, 0) is 4.79 Å². The van der Waals surface area contributed by atoms with Crippen LogP contribution >= 0.6 is 0 Å². The average Bonchev–Trinajstić information content (AvgIpc) is 2.82. The Morgan fingerprint density at radius 3 is 2.47 bits per heavy atom. The second kappa shape index (κ2) is 7.00. The summed E-state index contributed by atoms with van der Waals surface area (Å²) in [6.07, 6.45) is 8.28. The van der Waals surface area contributed by atoms with Crippen LogP contribution in [0.2, 0.25) is 0 Å². The molecule has 3 nitrogen and oxygen atoms in total. The quantitative estimate of drug-likeness (QED) is 0.718. The summed E-state index contributed by atoms with van der Waals surface area (Å²) < 4.78 is 0. The molecule has 3 heteroatoms. The van der Waals surface area contributed by atoms with E-state index in [1.165, 1.54) is 32.1 Å². The second-order valence-corrected chi connectivity index (χ2v) is 5.50. The number of carbonyl (C=O) groups is 1.